The van der Waals surface area contributed by atoms with Crippen molar-refractivity contribution in [1.82, 2.24) is 19.9 Å². The van der Waals surface area contributed by atoms with E-state index in [9.17, 15) is 9.18 Å². The molecule has 0 fully saturated rings. The summed E-state index contributed by atoms with van der Waals surface area (Å²) in [6, 6.07) is 19.4. The maximum atomic E-state index is 13.4. The molecule has 0 unspecified atom stereocenters. The number of rotatable bonds is 6. The van der Waals surface area contributed by atoms with Crippen LogP contribution in [0.1, 0.15) is 30.8 Å². The summed E-state index contributed by atoms with van der Waals surface area (Å²) in [5.41, 5.74) is 3.96. The van der Waals surface area contributed by atoms with E-state index in [-0.39, 0.29) is 11.7 Å². The van der Waals surface area contributed by atoms with Gasteiger partial charge >= 0.3 is 0 Å². The predicted molar refractivity (Wildman–Crippen MR) is 116 cm³/mol. The molecule has 1 amide bonds. The van der Waals surface area contributed by atoms with Crippen molar-refractivity contribution in [2.45, 2.75) is 20.3 Å². The molecule has 0 spiro atoms. The van der Waals surface area contributed by atoms with Crippen LogP contribution in [0.15, 0.2) is 66.7 Å². The van der Waals surface area contributed by atoms with Gasteiger partial charge in [0, 0.05) is 23.7 Å². The number of hydrogen-bond acceptors (Lipinski definition) is 3. The van der Waals surface area contributed by atoms with Crippen LogP contribution >= 0.6 is 0 Å². The van der Waals surface area contributed by atoms with Crippen molar-refractivity contribution in [1.29, 1.82) is 0 Å². The number of aromatic nitrogens is 3. The van der Waals surface area contributed by atoms with Crippen molar-refractivity contribution >= 4 is 11.6 Å². The Kier molecular flexibility index (Phi) is 5.57. The van der Waals surface area contributed by atoms with Gasteiger partial charge in [-0.1, -0.05) is 44.2 Å². The molecule has 2 aromatic heterocycles. The van der Waals surface area contributed by atoms with Gasteiger partial charge in [0.2, 0.25) is 0 Å². The summed E-state index contributed by atoms with van der Waals surface area (Å²) in [5, 5.41) is 7.60. The highest BCUT2D eigenvalue weighted by Crippen LogP contribution is 2.24. The van der Waals surface area contributed by atoms with Gasteiger partial charge in [0.05, 0.1) is 11.4 Å². The molecule has 0 aliphatic heterocycles. The fourth-order valence-electron chi connectivity index (χ4n) is 3.22. The summed E-state index contributed by atoms with van der Waals surface area (Å²) in [5.74, 6) is -0.0387. The van der Waals surface area contributed by atoms with E-state index in [4.69, 9.17) is 0 Å². The lowest BCUT2D eigenvalue weighted by Crippen LogP contribution is -2.27. The Balaban J connectivity index is 1.80. The Hall–Kier alpha value is -3.54. The zero-order valence-corrected chi connectivity index (χ0v) is 17.0. The average Bonchev–Trinajstić information content (AvgIpc) is 3.18. The Morgan fingerprint density at radius 2 is 1.70 bits per heavy atom. The molecule has 4 rings (SSSR count). The van der Waals surface area contributed by atoms with Crippen LogP contribution in [0.5, 0.6) is 0 Å². The maximum Gasteiger partial charge on any atom is 0.270 e. The standard InChI is InChI=1S/C24H23FN4O/c1-16(2)12-13-26-24(30)22-14-20(18-8-10-19(25)11-9-18)27-23-15-21(28-29(22)23)17-6-4-3-5-7-17/h3-11,14-16H,12-13H2,1-2H3,(H,26,30). The van der Waals surface area contributed by atoms with E-state index in [1.807, 2.05) is 36.4 Å². The number of carbonyl (C=O) groups excluding carboxylic acids is 1. The van der Waals surface area contributed by atoms with Crippen LogP contribution in [0, 0.1) is 11.7 Å². The zero-order valence-electron chi connectivity index (χ0n) is 17.0. The fourth-order valence-corrected chi connectivity index (χ4v) is 3.22. The average molecular weight is 402 g/mol. The quantitative estimate of drug-likeness (QED) is 0.495. The Morgan fingerprint density at radius 3 is 2.40 bits per heavy atom. The largest absolute Gasteiger partial charge is 0.351 e. The van der Waals surface area contributed by atoms with E-state index in [2.05, 4.69) is 29.2 Å². The molecule has 0 aliphatic carbocycles. The minimum Gasteiger partial charge on any atom is -0.351 e. The normalized spacial score (nSPS) is 11.2. The van der Waals surface area contributed by atoms with Crippen LogP contribution in [0.3, 0.4) is 0 Å². The molecule has 5 nitrogen and oxygen atoms in total. The summed E-state index contributed by atoms with van der Waals surface area (Å²) in [4.78, 5) is 17.6. The van der Waals surface area contributed by atoms with Crippen LogP contribution in [0.25, 0.3) is 28.2 Å². The molecule has 0 aliphatic rings. The first kappa shape index (κ1) is 19.8. The van der Waals surface area contributed by atoms with E-state index >= 15 is 0 Å². The number of carbonyl (C=O) groups is 1. The van der Waals surface area contributed by atoms with Gasteiger partial charge in [0.15, 0.2) is 5.65 Å². The molecule has 0 atom stereocenters. The fraction of sp³-hybridized carbons (Fsp3) is 0.208. The third-order valence-electron chi connectivity index (χ3n) is 4.88. The smallest absolute Gasteiger partial charge is 0.270 e. The first-order chi connectivity index (χ1) is 14.5. The number of hydrogen-bond donors (Lipinski definition) is 1. The molecule has 30 heavy (non-hydrogen) atoms. The van der Waals surface area contributed by atoms with Crippen molar-refractivity contribution in [3.05, 3.63) is 78.2 Å². The van der Waals surface area contributed by atoms with Crippen LogP contribution in [0.4, 0.5) is 4.39 Å². The minimum atomic E-state index is -0.317. The van der Waals surface area contributed by atoms with Gasteiger partial charge < -0.3 is 5.32 Å². The summed E-state index contributed by atoms with van der Waals surface area (Å²) < 4.78 is 14.9. The van der Waals surface area contributed by atoms with Crippen LogP contribution in [-0.2, 0) is 0 Å². The number of benzene rings is 2. The van der Waals surface area contributed by atoms with Crippen LogP contribution < -0.4 is 5.32 Å². The topological polar surface area (TPSA) is 59.3 Å². The Labute approximate surface area is 174 Å². The number of amides is 1. The van der Waals surface area contributed by atoms with Gasteiger partial charge in [0.25, 0.3) is 5.91 Å². The monoisotopic (exact) mass is 402 g/mol. The highest BCUT2D eigenvalue weighted by atomic mass is 19.1. The van der Waals surface area contributed by atoms with Gasteiger partial charge in [-0.2, -0.15) is 5.10 Å². The minimum absolute atomic E-state index is 0.214. The summed E-state index contributed by atoms with van der Waals surface area (Å²) in [6.07, 6.45) is 0.888. The first-order valence-corrected chi connectivity index (χ1v) is 10.0. The van der Waals surface area contributed by atoms with Gasteiger partial charge in [-0.25, -0.2) is 13.9 Å². The maximum absolute atomic E-state index is 13.4. The summed E-state index contributed by atoms with van der Waals surface area (Å²) >= 11 is 0. The molecule has 1 N–H and O–H groups in total. The van der Waals surface area contributed by atoms with Crippen molar-refractivity contribution in [3.63, 3.8) is 0 Å². The molecule has 6 heteroatoms. The molecule has 2 aromatic carbocycles. The third-order valence-corrected chi connectivity index (χ3v) is 4.88. The molecule has 0 saturated heterocycles. The lowest BCUT2D eigenvalue weighted by Gasteiger charge is -2.10. The molecule has 0 radical (unpaired) electrons. The second kappa shape index (κ2) is 8.45. The highest BCUT2D eigenvalue weighted by molar-refractivity contribution is 5.94. The second-order valence-electron chi connectivity index (χ2n) is 7.64. The SMILES string of the molecule is CC(C)CCNC(=O)c1cc(-c2ccc(F)cc2)nc2cc(-c3ccccc3)nn12. The van der Waals surface area contributed by atoms with E-state index in [1.54, 1.807) is 22.7 Å². The molecule has 152 valence electrons. The number of nitrogens with zero attached hydrogens (tertiary/aromatic N) is 3. The van der Waals surface area contributed by atoms with Crippen molar-refractivity contribution in [2.24, 2.45) is 5.92 Å². The molecule has 4 aromatic rings. The molecule has 0 bridgehead atoms. The van der Waals surface area contributed by atoms with Gasteiger partial charge in [-0.15, -0.1) is 0 Å². The van der Waals surface area contributed by atoms with Gasteiger partial charge in [-0.3, -0.25) is 4.79 Å². The van der Waals surface area contributed by atoms with Crippen LogP contribution in [0.2, 0.25) is 0 Å². The molecular formula is C24H23FN4O. The third kappa shape index (κ3) is 4.22. The first-order valence-electron chi connectivity index (χ1n) is 10.0. The molecule has 2 heterocycles. The second-order valence-corrected chi connectivity index (χ2v) is 7.64. The zero-order chi connectivity index (χ0) is 21.1. The van der Waals surface area contributed by atoms with E-state index in [0.717, 1.165) is 23.2 Å². The number of nitrogens with one attached hydrogen (secondary N) is 1. The van der Waals surface area contributed by atoms with E-state index in [1.165, 1.54) is 12.1 Å². The van der Waals surface area contributed by atoms with Gasteiger partial charge in [-0.05, 0) is 42.7 Å². The van der Waals surface area contributed by atoms with Crippen LogP contribution in [-0.4, -0.2) is 27.0 Å². The number of halogens is 1. The highest BCUT2D eigenvalue weighted by Gasteiger charge is 2.17. The number of fused-ring (bicyclic) bond motifs is 1. The Morgan fingerprint density at radius 1 is 1.00 bits per heavy atom. The summed E-state index contributed by atoms with van der Waals surface area (Å²) in [7, 11) is 0. The lowest BCUT2D eigenvalue weighted by molar-refractivity contribution is 0.0944. The molecule has 0 saturated carbocycles. The predicted octanol–water partition coefficient (Wildman–Crippen LogP) is 4.98. The summed E-state index contributed by atoms with van der Waals surface area (Å²) in [6.45, 7) is 4.81. The van der Waals surface area contributed by atoms with E-state index < -0.39 is 0 Å². The van der Waals surface area contributed by atoms with Gasteiger partial charge in [0.1, 0.15) is 11.5 Å². The van der Waals surface area contributed by atoms with Crippen molar-refractivity contribution < 1.29 is 9.18 Å². The van der Waals surface area contributed by atoms with Crippen molar-refractivity contribution in [2.75, 3.05) is 6.54 Å². The lowest BCUT2D eigenvalue weighted by atomic mass is 10.1. The van der Waals surface area contributed by atoms with E-state index in [0.29, 0.717) is 29.5 Å². The Bertz CT molecular complexity index is 1170. The molecular weight excluding hydrogens is 379 g/mol. The van der Waals surface area contributed by atoms with Crippen molar-refractivity contribution in [3.8, 4) is 22.5 Å².